The van der Waals surface area contributed by atoms with Crippen molar-refractivity contribution < 1.29 is 9.59 Å². The zero-order valence-corrected chi connectivity index (χ0v) is 23.4. The van der Waals surface area contributed by atoms with Gasteiger partial charge in [-0.1, -0.05) is 97.1 Å². The van der Waals surface area contributed by atoms with Gasteiger partial charge in [0, 0.05) is 10.8 Å². The first-order valence-corrected chi connectivity index (χ1v) is 14.3. The van der Waals surface area contributed by atoms with Gasteiger partial charge in [-0.3, -0.25) is 9.59 Å². The lowest BCUT2D eigenvalue weighted by molar-refractivity contribution is 0.0926. The number of aromatic nitrogens is 1. The van der Waals surface area contributed by atoms with Crippen LogP contribution >= 0.6 is 0 Å². The number of anilines is 1. The summed E-state index contributed by atoms with van der Waals surface area (Å²) in [6.45, 7) is 0. The second-order valence-electron chi connectivity index (χ2n) is 10.8. The zero-order chi connectivity index (χ0) is 29.8. The van der Waals surface area contributed by atoms with Crippen molar-refractivity contribution in [2.45, 2.75) is 0 Å². The molecule has 1 aromatic heterocycles. The molecule has 0 fully saturated rings. The maximum Gasteiger partial charge on any atom is 0.268 e. The standard InChI is InChI=1S/C39H23N3O2/c40-24-28-12-4-5-15-30(28)27-20-21-32-31-16-6-7-18-34(31)42(36(32)23-27)35-19-9-17-33-37(35)39(44)41(38(33)43)29-14-8-13-26(22-29)25-10-2-1-3-11-25/h1-23H. The normalized spacial score (nSPS) is 12.6. The van der Waals surface area contributed by atoms with Crippen LogP contribution in [-0.4, -0.2) is 16.4 Å². The lowest BCUT2D eigenvalue weighted by Gasteiger charge is -2.16. The number of amides is 2. The molecule has 5 heteroatoms. The number of nitriles is 1. The number of fused-ring (bicyclic) bond motifs is 4. The number of carbonyl (C=O) groups is 2. The van der Waals surface area contributed by atoms with Crippen molar-refractivity contribution in [2.24, 2.45) is 0 Å². The molecule has 1 aliphatic heterocycles. The van der Waals surface area contributed by atoms with Crippen LogP contribution in [0.15, 0.2) is 140 Å². The summed E-state index contributed by atoms with van der Waals surface area (Å²) >= 11 is 0. The lowest BCUT2D eigenvalue weighted by Crippen LogP contribution is -2.29. The van der Waals surface area contributed by atoms with Crippen molar-refractivity contribution in [3.05, 3.63) is 156 Å². The first-order chi connectivity index (χ1) is 21.6. The molecule has 206 valence electrons. The Kier molecular flexibility index (Phi) is 5.75. The van der Waals surface area contributed by atoms with Crippen LogP contribution in [0.1, 0.15) is 26.3 Å². The number of benzene rings is 6. The van der Waals surface area contributed by atoms with Gasteiger partial charge >= 0.3 is 0 Å². The van der Waals surface area contributed by atoms with Crippen LogP contribution in [0, 0.1) is 11.3 Å². The maximum absolute atomic E-state index is 14.3. The quantitative estimate of drug-likeness (QED) is 0.200. The van der Waals surface area contributed by atoms with Crippen molar-refractivity contribution in [3.63, 3.8) is 0 Å². The summed E-state index contributed by atoms with van der Waals surface area (Å²) in [7, 11) is 0. The smallest absolute Gasteiger partial charge is 0.268 e. The number of carbonyl (C=O) groups excluding carboxylic acids is 2. The molecule has 0 saturated heterocycles. The molecule has 2 amide bonds. The third-order valence-electron chi connectivity index (χ3n) is 8.38. The fourth-order valence-corrected chi connectivity index (χ4v) is 6.37. The molecule has 2 heterocycles. The Hall–Kier alpha value is -6.25. The average molecular weight is 566 g/mol. The second-order valence-corrected chi connectivity index (χ2v) is 10.8. The summed E-state index contributed by atoms with van der Waals surface area (Å²) in [6.07, 6.45) is 0. The van der Waals surface area contributed by atoms with Gasteiger partial charge in [0.05, 0.1) is 45.2 Å². The molecule has 0 bridgehead atoms. The molecular formula is C39H23N3O2. The summed E-state index contributed by atoms with van der Waals surface area (Å²) in [5.41, 5.74) is 7.96. The van der Waals surface area contributed by atoms with Gasteiger partial charge in [0.2, 0.25) is 0 Å². The molecule has 7 aromatic rings. The molecule has 1 aliphatic rings. The molecule has 0 aliphatic carbocycles. The van der Waals surface area contributed by atoms with Gasteiger partial charge in [-0.25, -0.2) is 4.90 Å². The van der Waals surface area contributed by atoms with E-state index in [1.54, 1.807) is 12.1 Å². The number of hydrogen-bond acceptors (Lipinski definition) is 3. The molecule has 0 spiro atoms. The third-order valence-corrected chi connectivity index (χ3v) is 8.38. The Morgan fingerprint density at radius 2 is 1.23 bits per heavy atom. The van der Waals surface area contributed by atoms with E-state index >= 15 is 0 Å². The number of rotatable bonds is 4. The van der Waals surface area contributed by atoms with Crippen molar-refractivity contribution in [1.82, 2.24) is 4.57 Å². The minimum Gasteiger partial charge on any atom is -0.308 e. The van der Waals surface area contributed by atoms with E-state index in [1.807, 2.05) is 109 Å². The van der Waals surface area contributed by atoms with E-state index in [4.69, 9.17) is 0 Å². The summed E-state index contributed by atoms with van der Waals surface area (Å²) < 4.78 is 2.07. The molecule has 44 heavy (non-hydrogen) atoms. The zero-order valence-electron chi connectivity index (χ0n) is 23.4. The van der Waals surface area contributed by atoms with E-state index in [-0.39, 0.29) is 11.8 Å². The van der Waals surface area contributed by atoms with E-state index in [0.717, 1.165) is 44.1 Å². The molecule has 0 N–H and O–H groups in total. The highest BCUT2D eigenvalue weighted by atomic mass is 16.2. The molecular weight excluding hydrogens is 542 g/mol. The van der Waals surface area contributed by atoms with E-state index < -0.39 is 0 Å². The monoisotopic (exact) mass is 565 g/mol. The van der Waals surface area contributed by atoms with Gasteiger partial charge in [-0.2, -0.15) is 5.26 Å². The van der Waals surface area contributed by atoms with Gasteiger partial charge in [0.25, 0.3) is 11.8 Å². The van der Waals surface area contributed by atoms with E-state index in [1.165, 1.54) is 4.90 Å². The van der Waals surface area contributed by atoms with Crippen LogP contribution < -0.4 is 4.90 Å². The van der Waals surface area contributed by atoms with Crippen LogP contribution in [-0.2, 0) is 0 Å². The average Bonchev–Trinajstić information content (AvgIpc) is 3.55. The number of imide groups is 1. The fraction of sp³-hybridized carbons (Fsp3) is 0. The lowest BCUT2D eigenvalue weighted by atomic mass is 9.99. The van der Waals surface area contributed by atoms with Crippen LogP contribution in [0.2, 0.25) is 0 Å². The fourth-order valence-electron chi connectivity index (χ4n) is 6.37. The number of para-hydroxylation sites is 1. The highest BCUT2D eigenvalue weighted by Gasteiger charge is 2.39. The van der Waals surface area contributed by atoms with Gasteiger partial charge in [0.1, 0.15) is 0 Å². The van der Waals surface area contributed by atoms with E-state index in [9.17, 15) is 14.9 Å². The Labute approximate surface area is 253 Å². The van der Waals surface area contributed by atoms with E-state index in [0.29, 0.717) is 28.1 Å². The summed E-state index contributed by atoms with van der Waals surface area (Å²) in [5.74, 6) is -0.704. The predicted molar refractivity (Wildman–Crippen MR) is 174 cm³/mol. The summed E-state index contributed by atoms with van der Waals surface area (Å²) in [6, 6.07) is 46.9. The predicted octanol–water partition coefficient (Wildman–Crippen LogP) is 8.79. The largest absolute Gasteiger partial charge is 0.308 e. The van der Waals surface area contributed by atoms with Gasteiger partial charge in [0.15, 0.2) is 0 Å². The van der Waals surface area contributed by atoms with Crippen molar-refractivity contribution in [3.8, 4) is 34.0 Å². The molecule has 0 atom stereocenters. The van der Waals surface area contributed by atoms with Crippen LogP contribution in [0.25, 0.3) is 49.7 Å². The SMILES string of the molecule is N#Cc1ccccc1-c1ccc2c3ccccc3n(-c3cccc4c3C(=O)N(c3cccc(-c5ccccc5)c3)C4=O)c2c1. The first kappa shape index (κ1) is 25.5. The van der Waals surface area contributed by atoms with Gasteiger partial charge in [-0.05, 0) is 64.7 Å². The third kappa shape index (κ3) is 3.79. The topological polar surface area (TPSA) is 66.1 Å². The number of hydrogen-bond donors (Lipinski definition) is 0. The highest BCUT2D eigenvalue weighted by molar-refractivity contribution is 6.36. The van der Waals surface area contributed by atoms with Crippen LogP contribution in [0.4, 0.5) is 5.69 Å². The summed E-state index contributed by atoms with van der Waals surface area (Å²) in [4.78, 5) is 29.4. The van der Waals surface area contributed by atoms with Crippen molar-refractivity contribution >= 4 is 39.3 Å². The van der Waals surface area contributed by atoms with Gasteiger partial charge < -0.3 is 4.57 Å². The Balaban J connectivity index is 1.33. The highest BCUT2D eigenvalue weighted by Crippen LogP contribution is 2.39. The molecule has 0 saturated carbocycles. The molecule has 6 aromatic carbocycles. The number of nitrogens with zero attached hydrogens (tertiary/aromatic N) is 3. The summed E-state index contributed by atoms with van der Waals surface area (Å²) in [5, 5.41) is 11.8. The minimum atomic E-state index is -0.359. The minimum absolute atomic E-state index is 0.346. The first-order valence-electron chi connectivity index (χ1n) is 14.3. The Bertz CT molecular complexity index is 2340. The van der Waals surface area contributed by atoms with Gasteiger partial charge in [-0.15, -0.1) is 0 Å². The molecule has 0 radical (unpaired) electrons. The molecule has 8 rings (SSSR count). The van der Waals surface area contributed by atoms with E-state index in [2.05, 4.69) is 28.8 Å². The maximum atomic E-state index is 14.3. The van der Waals surface area contributed by atoms with Crippen LogP contribution in [0.3, 0.4) is 0 Å². The Morgan fingerprint density at radius 1 is 0.523 bits per heavy atom. The van der Waals surface area contributed by atoms with Crippen molar-refractivity contribution in [2.75, 3.05) is 4.90 Å². The Morgan fingerprint density at radius 3 is 2.09 bits per heavy atom. The van der Waals surface area contributed by atoms with Crippen molar-refractivity contribution in [1.29, 1.82) is 5.26 Å². The second kappa shape index (κ2) is 9.94. The molecule has 0 unspecified atom stereocenters. The molecule has 5 nitrogen and oxygen atoms in total. The van der Waals surface area contributed by atoms with Crippen LogP contribution in [0.5, 0.6) is 0 Å².